The molecule has 5 heteroatoms. The van der Waals surface area contributed by atoms with Gasteiger partial charge in [-0.3, -0.25) is 9.88 Å². The number of hydrogen-bond acceptors (Lipinski definition) is 4. The van der Waals surface area contributed by atoms with Crippen LogP contribution >= 0.6 is 0 Å². The molecule has 1 aromatic carbocycles. The van der Waals surface area contributed by atoms with Gasteiger partial charge in [0, 0.05) is 18.0 Å². The van der Waals surface area contributed by atoms with E-state index in [1.54, 1.807) is 0 Å². The Hall–Kier alpha value is -2.14. The van der Waals surface area contributed by atoms with Crippen molar-refractivity contribution in [2.45, 2.75) is 45.3 Å². The highest BCUT2D eigenvalue weighted by atomic mass is 16.5. The van der Waals surface area contributed by atoms with Crippen LogP contribution in [0.25, 0.3) is 10.9 Å². The third kappa shape index (κ3) is 3.08. The van der Waals surface area contributed by atoms with E-state index in [2.05, 4.69) is 18.7 Å². The van der Waals surface area contributed by atoms with Crippen molar-refractivity contribution in [3.05, 3.63) is 36.0 Å². The summed E-state index contributed by atoms with van der Waals surface area (Å²) in [7, 11) is 0. The molecule has 0 amide bonds. The fourth-order valence-electron chi connectivity index (χ4n) is 3.11. The normalized spacial score (nSPS) is 16.1. The molecule has 1 saturated carbocycles. The van der Waals surface area contributed by atoms with Gasteiger partial charge in [-0.1, -0.05) is 26.0 Å². The highest BCUT2D eigenvalue weighted by Crippen LogP contribution is 2.39. The Morgan fingerprint density at radius 2 is 2.00 bits per heavy atom. The van der Waals surface area contributed by atoms with Crippen molar-refractivity contribution in [2.75, 3.05) is 13.1 Å². The molecular weight excluding hydrogens is 304 g/mol. The maximum atomic E-state index is 11.7. The number of carbonyl (C=O) groups is 1. The van der Waals surface area contributed by atoms with Gasteiger partial charge in [0.1, 0.15) is 5.75 Å². The van der Waals surface area contributed by atoms with E-state index in [-0.39, 0.29) is 0 Å². The van der Waals surface area contributed by atoms with Crippen LogP contribution in [0, 0.1) is 0 Å². The van der Waals surface area contributed by atoms with Crippen LogP contribution in [0.5, 0.6) is 5.75 Å². The van der Waals surface area contributed by atoms with E-state index in [0.717, 1.165) is 42.7 Å². The third-order valence-electron chi connectivity index (χ3n) is 4.87. The topological polar surface area (TPSA) is 62.7 Å². The molecule has 3 rings (SSSR count). The van der Waals surface area contributed by atoms with Gasteiger partial charge in [0.15, 0.2) is 0 Å². The first kappa shape index (κ1) is 16.7. The molecular formula is C19H24N2O3. The van der Waals surface area contributed by atoms with Crippen molar-refractivity contribution in [3.63, 3.8) is 0 Å². The van der Waals surface area contributed by atoms with Gasteiger partial charge in [0.05, 0.1) is 11.2 Å². The second kappa shape index (κ2) is 6.77. The number of hydrogen-bond donors (Lipinski definition) is 1. The maximum Gasteiger partial charge on any atom is 0.348 e. The van der Waals surface area contributed by atoms with Crippen molar-refractivity contribution in [1.29, 1.82) is 0 Å². The highest BCUT2D eigenvalue weighted by Gasteiger charge is 2.47. The monoisotopic (exact) mass is 328 g/mol. The molecule has 0 atom stereocenters. The van der Waals surface area contributed by atoms with Gasteiger partial charge < -0.3 is 9.84 Å². The van der Waals surface area contributed by atoms with Crippen LogP contribution < -0.4 is 4.74 Å². The van der Waals surface area contributed by atoms with Crippen LogP contribution in [-0.2, 0) is 11.3 Å². The van der Waals surface area contributed by atoms with Gasteiger partial charge in [0.2, 0.25) is 5.60 Å². The van der Waals surface area contributed by atoms with Crippen LogP contribution in [-0.4, -0.2) is 39.7 Å². The minimum absolute atomic E-state index is 0.560. The van der Waals surface area contributed by atoms with Gasteiger partial charge in [0.25, 0.3) is 0 Å². The molecule has 0 spiro atoms. The number of fused-ring (bicyclic) bond motifs is 1. The van der Waals surface area contributed by atoms with E-state index in [1.807, 2.05) is 30.3 Å². The molecule has 0 unspecified atom stereocenters. The number of pyridine rings is 1. The van der Waals surface area contributed by atoms with Gasteiger partial charge in [-0.2, -0.15) is 0 Å². The molecule has 1 N–H and O–H groups in total. The molecule has 1 fully saturated rings. The molecule has 0 saturated heterocycles. The summed E-state index contributed by atoms with van der Waals surface area (Å²) in [4.78, 5) is 18.6. The van der Waals surface area contributed by atoms with Crippen molar-refractivity contribution in [3.8, 4) is 5.75 Å². The lowest BCUT2D eigenvalue weighted by molar-refractivity contribution is -0.163. The lowest BCUT2D eigenvalue weighted by Crippen LogP contribution is -2.50. The predicted molar refractivity (Wildman–Crippen MR) is 93.2 cm³/mol. The van der Waals surface area contributed by atoms with Crippen molar-refractivity contribution in [1.82, 2.24) is 9.88 Å². The summed E-state index contributed by atoms with van der Waals surface area (Å²) >= 11 is 0. The SMILES string of the molecule is CCN(CC)Cc1cc(OC2(C(=O)O)CCC2)c2ccccc2n1. The number of ether oxygens (including phenoxy) is 1. The number of benzene rings is 1. The first-order valence-corrected chi connectivity index (χ1v) is 8.61. The fourth-order valence-corrected chi connectivity index (χ4v) is 3.11. The van der Waals surface area contributed by atoms with Crippen molar-refractivity contribution in [2.24, 2.45) is 0 Å². The lowest BCUT2D eigenvalue weighted by Gasteiger charge is -2.38. The Balaban J connectivity index is 2.00. The Bertz CT molecular complexity index is 736. The molecule has 1 heterocycles. The van der Waals surface area contributed by atoms with Crippen molar-refractivity contribution < 1.29 is 14.6 Å². The third-order valence-corrected chi connectivity index (χ3v) is 4.87. The average Bonchev–Trinajstić information content (AvgIpc) is 2.55. The number of aromatic nitrogens is 1. The van der Waals surface area contributed by atoms with Crippen LogP contribution in [0.1, 0.15) is 38.8 Å². The summed E-state index contributed by atoms with van der Waals surface area (Å²) in [5.41, 5.74) is 0.681. The van der Waals surface area contributed by atoms with E-state index < -0.39 is 11.6 Å². The zero-order valence-electron chi connectivity index (χ0n) is 14.3. The molecule has 2 aromatic rings. The summed E-state index contributed by atoms with van der Waals surface area (Å²) in [5, 5.41) is 10.4. The summed E-state index contributed by atoms with van der Waals surface area (Å²) < 4.78 is 6.04. The van der Waals surface area contributed by atoms with E-state index >= 15 is 0 Å². The van der Waals surface area contributed by atoms with Crippen LogP contribution in [0.4, 0.5) is 0 Å². The molecule has 5 nitrogen and oxygen atoms in total. The second-order valence-corrected chi connectivity index (χ2v) is 6.35. The van der Waals surface area contributed by atoms with E-state index in [4.69, 9.17) is 9.72 Å². The minimum atomic E-state index is -1.07. The van der Waals surface area contributed by atoms with Gasteiger partial charge >= 0.3 is 5.97 Å². The zero-order chi connectivity index (χ0) is 17.2. The van der Waals surface area contributed by atoms with E-state index in [0.29, 0.717) is 18.6 Å². The van der Waals surface area contributed by atoms with Crippen molar-refractivity contribution >= 4 is 16.9 Å². The van der Waals surface area contributed by atoms with Gasteiger partial charge in [-0.05, 0) is 44.5 Å². The number of aliphatic carboxylic acids is 1. The maximum absolute atomic E-state index is 11.7. The first-order chi connectivity index (χ1) is 11.6. The zero-order valence-corrected chi connectivity index (χ0v) is 14.3. The number of carboxylic acid groups (broad SMARTS) is 1. The van der Waals surface area contributed by atoms with Gasteiger partial charge in [-0.15, -0.1) is 0 Å². The number of rotatable bonds is 7. The molecule has 0 bridgehead atoms. The van der Waals surface area contributed by atoms with E-state index in [1.165, 1.54) is 0 Å². The second-order valence-electron chi connectivity index (χ2n) is 6.35. The highest BCUT2D eigenvalue weighted by molar-refractivity contribution is 5.86. The first-order valence-electron chi connectivity index (χ1n) is 8.61. The largest absolute Gasteiger partial charge is 0.478 e. The standard InChI is InChI=1S/C19H24N2O3/c1-3-21(4-2)13-14-12-17(15-8-5-6-9-16(15)20-14)24-19(18(22)23)10-7-11-19/h5-6,8-9,12H,3-4,7,10-11,13H2,1-2H3,(H,22,23). The summed E-state index contributed by atoms with van der Waals surface area (Å²) in [6.45, 7) is 6.86. The number of carboxylic acids is 1. The molecule has 128 valence electrons. The quantitative estimate of drug-likeness (QED) is 0.843. The van der Waals surface area contributed by atoms with Gasteiger partial charge in [-0.25, -0.2) is 4.79 Å². The number of nitrogens with zero attached hydrogens (tertiary/aromatic N) is 2. The summed E-state index contributed by atoms with van der Waals surface area (Å²) in [6, 6.07) is 9.66. The van der Waals surface area contributed by atoms with Crippen LogP contribution in [0.3, 0.4) is 0 Å². The lowest BCUT2D eigenvalue weighted by atomic mass is 9.80. The minimum Gasteiger partial charge on any atom is -0.478 e. The summed E-state index contributed by atoms with van der Waals surface area (Å²) in [5.74, 6) is -0.246. The molecule has 1 aliphatic rings. The molecule has 0 aliphatic heterocycles. The Morgan fingerprint density at radius 1 is 1.29 bits per heavy atom. The molecule has 0 radical (unpaired) electrons. The Kier molecular flexibility index (Phi) is 4.71. The fraction of sp³-hybridized carbons (Fsp3) is 0.474. The molecule has 1 aromatic heterocycles. The van der Waals surface area contributed by atoms with Crippen LogP contribution in [0.15, 0.2) is 30.3 Å². The average molecular weight is 328 g/mol. The predicted octanol–water partition coefficient (Wildman–Crippen LogP) is 3.46. The smallest absolute Gasteiger partial charge is 0.348 e. The molecule has 1 aliphatic carbocycles. The summed E-state index contributed by atoms with van der Waals surface area (Å²) in [6.07, 6.45) is 2.01. The van der Waals surface area contributed by atoms with Crippen LogP contribution in [0.2, 0.25) is 0 Å². The molecule has 24 heavy (non-hydrogen) atoms. The Morgan fingerprint density at radius 3 is 2.58 bits per heavy atom. The van der Waals surface area contributed by atoms with E-state index in [9.17, 15) is 9.90 Å². The number of para-hydroxylation sites is 1. The Labute approximate surface area is 142 Å².